The van der Waals surface area contributed by atoms with Crippen LogP contribution in [0.4, 0.5) is 13.2 Å². The number of pyridine rings is 1. The molecule has 0 radical (unpaired) electrons. The van der Waals surface area contributed by atoms with Gasteiger partial charge in [-0.3, -0.25) is 4.98 Å². The van der Waals surface area contributed by atoms with Crippen molar-refractivity contribution >= 4 is 10.9 Å². The number of ether oxygens (including phenoxy) is 1. The summed E-state index contributed by atoms with van der Waals surface area (Å²) >= 11 is 0. The highest BCUT2D eigenvalue weighted by molar-refractivity contribution is 5.87. The second-order valence-corrected chi connectivity index (χ2v) is 4.95. The van der Waals surface area contributed by atoms with E-state index in [1.807, 2.05) is 6.07 Å². The molecule has 1 heterocycles. The molecule has 0 aliphatic heterocycles. The molecule has 0 atom stereocenters. The first kappa shape index (κ1) is 15.3. The molecule has 0 unspecified atom stereocenters. The fourth-order valence-electron chi connectivity index (χ4n) is 2.30. The van der Waals surface area contributed by atoms with Gasteiger partial charge in [0.1, 0.15) is 11.5 Å². The molecule has 2 N–H and O–H groups in total. The van der Waals surface area contributed by atoms with Crippen molar-refractivity contribution in [3.05, 3.63) is 65.9 Å². The van der Waals surface area contributed by atoms with Gasteiger partial charge in [0.15, 0.2) is 0 Å². The second kappa shape index (κ2) is 5.89. The van der Waals surface area contributed by atoms with Gasteiger partial charge in [-0.25, -0.2) is 0 Å². The summed E-state index contributed by atoms with van der Waals surface area (Å²) in [6.45, 7) is 0.341. The number of halogens is 3. The number of hydrogen-bond acceptors (Lipinski definition) is 3. The largest absolute Gasteiger partial charge is 0.457 e. The summed E-state index contributed by atoms with van der Waals surface area (Å²) in [7, 11) is 0. The van der Waals surface area contributed by atoms with Crippen LogP contribution in [0.5, 0.6) is 11.5 Å². The van der Waals surface area contributed by atoms with Crippen molar-refractivity contribution in [3.63, 3.8) is 0 Å². The lowest BCUT2D eigenvalue weighted by Gasteiger charge is -2.12. The Morgan fingerprint density at radius 3 is 2.39 bits per heavy atom. The number of rotatable bonds is 3. The van der Waals surface area contributed by atoms with E-state index in [-0.39, 0.29) is 0 Å². The van der Waals surface area contributed by atoms with Crippen LogP contribution in [0.15, 0.2) is 54.7 Å². The Kier molecular flexibility index (Phi) is 3.92. The molecule has 0 aliphatic carbocycles. The molecule has 0 bridgehead atoms. The van der Waals surface area contributed by atoms with Crippen molar-refractivity contribution in [3.8, 4) is 11.5 Å². The molecule has 0 fully saturated rings. The van der Waals surface area contributed by atoms with E-state index in [4.69, 9.17) is 10.5 Å². The molecule has 0 amide bonds. The van der Waals surface area contributed by atoms with Crippen LogP contribution in [-0.2, 0) is 12.7 Å². The number of alkyl halides is 3. The zero-order chi connectivity index (χ0) is 16.4. The van der Waals surface area contributed by atoms with Crippen molar-refractivity contribution in [1.82, 2.24) is 4.98 Å². The molecule has 3 nitrogen and oxygen atoms in total. The third-order valence-corrected chi connectivity index (χ3v) is 3.44. The summed E-state index contributed by atoms with van der Waals surface area (Å²) in [5.41, 5.74) is 6.57. The first-order valence-electron chi connectivity index (χ1n) is 6.91. The molecule has 0 saturated heterocycles. The molecular weight excluding hydrogens is 305 g/mol. The maximum Gasteiger partial charge on any atom is 0.416 e. The fraction of sp³-hybridized carbons (Fsp3) is 0.118. The highest BCUT2D eigenvalue weighted by atomic mass is 19.4. The average Bonchev–Trinajstić information content (AvgIpc) is 2.55. The quantitative estimate of drug-likeness (QED) is 0.773. The van der Waals surface area contributed by atoms with Crippen LogP contribution in [0.3, 0.4) is 0 Å². The summed E-state index contributed by atoms with van der Waals surface area (Å²) < 4.78 is 43.4. The van der Waals surface area contributed by atoms with Gasteiger partial charge in [-0.15, -0.1) is 0 Å². The van der Waals surface area contributed by atoms with Crippen LogP contribution in [0.1, 0.15) is 11.1 Å². The van der Waals surface area contributed by atoms with Crippen LogP contribution in [0, 0.1) is 0 Å². The predicted octanol–water partition coefficient (Wildman–Crippen LogP) is 4.50. The number of hydrogen-bond donors (Lipinski definition) is 1. The monoisotopic (exact) mass is 318 g/mol. The lowest BCUT2D eigenvalue weighted by atomic mass is 10.1. The Morgan fingerprint density at radius 2 is 1.74 bits per heavy atom. The first-order chi connectivity index (χ1) is 11.0. The fourth-order valence-corrected chi connectivity index (χ4v) is 2.30. The van der Waals surface area contributed by atoms with Gasteiger partial charge in [-0.05, 0) is 48.0 Å². The van der Waals surface area contributed by atoms with Crippen LogP contribution < -0.4 is 10.5 Å². The van der Waals surface area contributed by atoms with E-state index in [1.165, 1.54) is 12.1 Å². The molecule has 0 spiro atoms. The SMILES string of the molecule is NCc1ccc(Oc2ccc(C(F)(F)F)cc2)c2cccnc12. The number of aromatic nitrogens is 1. The van der Waals surface area contributed by atoms with Crippen LogP contribution >= 0.6 is 0 Å². The standard InChI is InChI=1S/C17H13F3N2O/c18-17(19,20)12-4-6-13(7-5-12)23-15-8-3-11(10-21)16-14(15)2-1-9-22-16/h1-9H,10,21H2. The minimum absolute atomic E-state index is 0.323. The maximum atomic E-state index is 12.6. The summed E-state index contributed by atoms with van der Waals surface area (Å²) in [4.78, 5) is 4.29. The number of benzene rings is 2. The van der Waals surface area contributed by atoms with Crippen molar-refractivity contribution in [1.29, 1.82) is 0 Å². The molecule has 0 aliphatic rings. The van der Waals surface area contributed by atoms with E-state index in [0.717, 1.165) is 28.6 Å². The van der Waals surface area contributed by atoms with Gasteiger partial charge in [0.2, 0.25) is 0 Å². The van der Waals surface area contributed by atoms with Gasteiger partial charge < -0.3 is 10.5 Å². The Hall–Kier alpha value is -2.60. The van der Waals surface area contributed by atoms with E-state index < -0.39 is 11.7 Å². The van der Waals surface area contributed by atoms with E-state index >= 15 is 0 Å². The van der Waals surface area contributed by atoms with Gasteiger partial charge in [-0.1, -0.05) is 6.07 Å². The molecule has 6 heteroatoms. The topological polar surface area (TPSA) is 48.1 Å². The summed E-state index contributed by atoms with van der Waals surface area (Å²) in [6, 6.07) is 11.7. The third-order valence-electron chi connectivity index (χ3n) is 3.44. The number of nitrogens with zero attached hydrogens (tertiary/aromatic N) is 1. The van der Waals surface area contributed by atoms with E-state index in [2.05, 4.69) is 4.98 Å². The van der Waals surface area contributed by atoms with Crippen molar-refractivity contribution in [2.24, 2.45) is 5.73 Å². The van der Waals surface area contributed by atoms with E-state index in [1.54, 1.807) is 24.4 Å². The normalized spacial score (nSPS) is 11.7. The second-order valence-electron chi connectivity index (χ2n) is 4.95. The van der Waals surface area contributed by atoms with Gasteiger partial charge >= 0.3 is 6.18 Å². The Labute approximate surface area is 130 Å². The highest BCUT2D eigenvalue weighted by Crippen LogP contribution is 2.33. The first-order valence-corrected chi connectivity index (χ1v) is 6.91. The summed E-state index contributed by atoms with van der Waals surface area (Å²) in [5.74, 6) is 0.841. The van der Waals surface area contributed by atoms with Crippen LogP contribution in [0.2, 0.25) is 0 Å². The molecule has 3 rings (SSSR count). The average molecular weight is 318 g/mol. The molecular formula is C17H13F3N2O. The van der Waals surface area contributed by atoms with Gasteiger partial charge in [0, 0.05) is 18.1 Å². The van der Waals surface area contributed by atoms with Crippen molar-refractivity contribution in [2.45, 2.75) is 12.7 Å². The number of fused-ring (bicyclic) bond motifs is 1. The van der Waals surface area contributed by atoms with Gasteiger partial charge in [-0.2, -0.15) is 13.2 Å². The minimum atomic E-state index is -4.36. The van der Waals surface area contributed by atoms with Crippen LogP contribution in [0.25, 0.3) is 10.9 Å². The highest BCUT2D eigenvalue weighted by Gasteiger charge is 2.30. The third kappa shape index (κ3) is 3.12. The summed E-state index contributed by atoms with van der Waals surface area (Å²) in [5, 5.41) is 0.760. The minimum Gasteiger partial charge on any atom is -0.457 e. The Balaban J connectivity index is 1.96. The summed E-state index contributed by atoms with van der Waals surface area (Å²) in [6.07, 6.45) is -2.71. The maximum absolute atomic E-state index is 12.6. The molecule has 0 saturated carbocycles. The molecule has 1 aromatic heterocycles. The van der Waals surface area contributed by atoms with E-state index in [0.29, 0.717) is 18.0 Å². The van der Waals surface area contributed by atoms with Crippen LogP contribution in [-0.4, -0.2) is 4.98 Å². The lowest BCUT2D eigenvalue weighted by molar-refractivity contribution is -0.137. The zero-order valence-corrected chi connectivity index (χ0v) is 12.0. The molecule has 23 heavy (non-hydrogen) atoms. The Morgan fingerprint density at radius 1 is 1.00 bits per heavy atom. The number of nitrogens with two attached hydrogens (primary N) is 1. The van der Waals surface area contributed by atoms with Gasteiger partial charge in [0.05, 0.1) is 11.1 Å². The molecule has 118 valence electrons. The molecule has 3 aromatic rings. The van der Waals surface area contributed by atoms with Crippen molar-refractivity contribution < 1.29 is 17.9 Å². The predicted molar refractivity (Wildman–Crippen MR) is 81.2 cm³/mol. The van der Waals surface area contributed by atoms with E-state index in [9.17, 15) is 13.2 Å². The lowest BCUT2D eigenvalue weighted by Crippen LogP contribution is -2.04. The zero-order valence-electron chi connectivity index (χ0n) is 12.0. The molecule has 2 aromatic carbocycles. The Bertz CT molecular complexity index is 829. The van der Waals surface area contributed by atoms with Crippen molar-refractivity contribution in [2.75, 3.05) is 0 Å². The smallest absolute Gasteiger partial charge is 0.416 e. The van der Waals surface area contributed by atoms with Gasteiger partial charge in [0.25, 0.3) is 0 Å².